The van der Waals surface area contributed by atoms with Crippen LogP contribution in [0.15, 0.2) is 53.5 Å². The first-order valence-corrected chi connectivity index (χ1v) is 9.86. The van der Waals surface area contributed by atoms with Crippen molar-refractivity contribution < 1.29 is 8.81 Å². The van der Waals surface area contributed by atoms with Crippen LogP contribution in [0.1, 0.15) is 28.7 Å². The molecule has 6 rings (SSSR count). The zero-order valence-electron chi connectivity index (χ0n) is 16.5. The molecular weight excluding hydrogens is 399 g/mol. The van der Waals surface area contributed by atoms with Gasteiger partial charge in [-0.15, -0.1) is 5.10 Å². The van der Waals surface area contributed by atoms with Crippen molar-refractivity contribution in [2.75, 3.05) is 11.4 Å². The van der Waals surface area contributed by atoms with E-state index in [0.29, 0.717) is 18.1 Å². The summed E-state index contributed by atoms with van der Waals surface area (Å²) in [5.41, 5.74) is 5.51. The molecule has 0 saturated heterocycles. The van der Waals surface area contributed by atoms with Crippen LogP contribution in [0.5, 0.6) is 0 Å². The summed E-state index contributed by atoms with van der Waals surface area (Å²) in [5.74, 6) is -0.285. The number of hydrogen-bond donors (Lipinski definition) is 1. The molecule has 0 spiro atoms. The summed E-state index contributed by atoms with van der Waals surface area (Å²) < 4.78 is 21.0. The van der Waals surface area contributed by atoms with Gasteiger partial charge in [-0.3, -0.25) is 0 Å². The second-order valence-electron chi connectivity index (χ2n) is 7.46. The Morgan fingerprint density at radius 2 is 2.13 bits per heavy atom. The molecule has 1 N–H and O–H groups in total. The minimum atomic E-state index is -0.562. The molecule has 5 aromatic rings. The zero-order valence-corrected chi connectivity index (χ0v) is 16.5. The van der Waals surface area contributed by atoms with Crippen molar-refractivity contribution >= 4 is 11.5 Å². The number of aromatic amines is 1. The van der Waals surface area contributed by atoms with Crippen molar-refractivity contribution in [3.8, 4) is 11.5 Å². The van der Waals surface area contributed by atoms with E-state index in [1.54, 1.807) is 12.4 Å². The molecule has 10 heteroatoms. The van der Waals surface area contributed by atoms with Crippen LogP contribution < -0.4 is 4.90 Å². The highest BCUT2D eigenvalue weighted by atomic mass is 19.1. The van der Waals surface area contributed by atoms with E-state index in [9.17, 15) is 4.39 Å². The number of imidazole rings is 1. The van der Waals surface area contributed by atoms with Gasteiger partial charge in [0.1, 0.15) is 6.04 Å². The minimum Gasteiger partial charge on any atom is -0.403 e. The first-order chi connectivity index (χ1) is 15.2. The molecular formula is C21H17FN8O. The Bertz CT molecular complexity index is 1390. The third-order valence-electron chi connectivity index (χ3n) is 5.57. The van der Waals surface area contributed by atoms with Gasteiger partial charge in [0.2, 0.25) is 5.95 Å². The van der Waals surface area contributed by atoms with Gasteiger partial charge in [0, 0.05) is 31.1 Å². The molecule has 5 aromatic heterocycles. The molecule has 6 heterocycles. The number of pyridine rings is 2. The Balaban J connectivity index is 1.44. The second kappa shape index (κ2) is 6.73. The summed E-state index contributed by atoms with van der Waals surface area (Å²) >= 11 is 0. The Labute approximate surface area is 175 Å². The lowest BCUT2D eigenvalue weighted by molar-refractivity contribution is 0.503. The number of halogens is 1. The van der Waals surface area contributed by atoms with E-state index in [1.165, 1.54) is 12.3 Å². The standard InChI is InChI=1S/C21H17FN8O/c1-12-3-2-7-30-16(12)9-15(28-30)19-18-14(24-11-25-18)6-8-29(19)21-27-26-20(31-21)13-4-5-17(22)23-10-13/h2-5,7,9-11,19H,6,8H2,1H3,(H,24,25)/t19-/m1/s1. The Morgan fingerprint density at radius 3 is 2.97 bits per heavy atom. The van der Waals surface area contributed by atoms with Crippen molar-refractivity contribution in [1.29, 1.82) is 0 Å². The van der Waals surface area contributed by atoms with E-state index < -0.39 is 5.95 Å². The number of aryl methyl sites for hydroxylation is 1. The Kier molecular flexibility index (Phi) is 3.85. The number of aromatic nitrogens is 7. The molecule has 9 nitrogen and oxygen atoms in total. The first kappa shape index (κ1) is 17.8. The van der Waals surface area contributed by atoms with Crippen LogP contribution >= 0.6 is 0 Å². The van der Waals surface area contributed by atoms with Crippen LogP contribution in [0, 0.1) is 12.9 Å². The van der Waals surface area contributed by atoms with Gasteiger partial charge < -0.3 is 14.3 Å². The largest absolute Gasteiger partial charge is 0.403 e. The average molecular weight is 416 g/mol. The maximum Gasteiger partial charge on any atom is 0.319 e. The number of nitrogens with one attached hydrogen (secondary N) is 1. The van der Waals surface area contributed by atoms with E-state index in [0.717, 1.165) is 34.6 Å². The summed E-state index contributed by atoms with van der Waals surface area (Å²) in [6.07, 6.45) is 5.76. The van der Waals surface area contributed by atoms with Crippen LogP contribution in [0.25, 0.3) is 17.0 Å². The van der Waals surface area contributed by atoms with E-state index in [1.807, 2.05) is 21.7 Å². The number of H-pyrrole nitrogens is 1. The van der Waals surface area contributed by atoms with Crippen molar-refractivity contribution in [2.45, 2.75) is 19.4 Å². The molecule has 1 aliphatic rings. The SMILES string of the molecule is Cc1cccn2nc([C@@H]3c4nc[nH]c4CCN3c3nnc(-c4ccc(F)nc4)o3)cc12. The molecule has 0 saturated carbocycles. The Morgan fingerprint density at radius 1 is 1.19 bits per heavy atom. The van der Waals surface area contributed by atoms with E-state index in [2.05, 4.69) is 44.2 Å². The normalized spacial score (nSPS) is 16.1. The van der Waals surface area contributed by atoms with E-state index >= 15 is 0 Å². The highest BCUT2D eigenvalue weighted by molar-refractivity contribution is 5.57. The average Bonchev–Trinajstić information content (AvgIpc) is 3.52. The summed E-state index contributed by atoms with van der Waals surface area (Å²) in [6, 6.07) is 8.99. The van der Waals surface area contributed by atoms with E-state index in [-0.39, 0.29) is 11.9 Å². The van der Waals surface area contributed by atoms with Crippen LogP contribution in [-0.2, 0) is 6.42 Å². The van der Waals surface area contributed by atoms with Gasteiger partial charge in [-0.2, -0.15) is 9.49 Å². The van der Waals surface area contributed by atoms with Crippen molar-refractivity contribution in [1.82, 2.24) is 34.8 Å². The summed E-state index contributed by atoms with van der Waals surface area (Å²) in [6.45, 7) is 2.70. The lowest BCUT2D eigenvalue weighted by atomic mass is 10.00. The fraction of sp³-hybridized carbons (Fsp3) is 0.190. The molecule has 1 atom stereocenters. The molecule has 0 bridgehead atoms. The Hall–Kier alpha value is -4.08. The van der Waals surface area contributed by atoms with Gasteiger partial charge in [0.25, 0.3) is 5.89 Å². The maximum absolute atomic E-state index is 13.2. The van der Waals surface area contributed by atoms with Gasteiger partial charge in [-0.1, -0.05) is 11.2 Å². The molecule has 0 unspecified atom stereocenters. The zero-order chi connectivity index (χ0) is 20.9. The fourth-order valence-corrected chi connectivity index (χ4v) is 4.04. The van der Waals surface area contributed by atoms with Crippen molar-refractivity contribution in [2.24, 2.45) is 0 Å². The molecule has 0 radical (unpaired) electrons. The summed E-state index contributed by atoms with van der Waals surface area (Å²) in [4.78, 5) is 13.5. The molecule has 0 aromatic carbocycles. The van der Waals surface area contributed by atoms with Crippen LogP contribution in [0.2, 0.25) is 0 Å². The van der Waals surface area contributed by atoms with Gasteiger partial charge >= 0.3 is 6.01 Å². The number of anilines is 1. The maximum atomic E-state index is 13.2. The second-order valence-corrected chi connectivity index (χ2v) is 7.46. The lowest BCUT2D eigenvalue weighted by Gasteiger charge is -2.32. The monoisotopic (exact) mass is 416 g/mol. The first-order valence-electron chi connectivity index (χ1n) is 9.86. The number of rotatable bonds is 3. The molecule has 0 amide bonds. The number of hydrogen-bond acceptors (Lipinski definition) is 7. The van der Waals surface area contributed by atoms with Gasteiger partial charge in [0.15, 0.2) is 0 Å². The number of nitrogens with zero attached hydrogens (tertiary/aromatic N) is 7. The summed E-state index contributed by atoms with van der Waals surface area (Å²) in [5, 5.41) is 13.2. The molecule has 31 heavy (non-hydrogen) atoms. The van der Waals surface area contributed by atoms with Crippen LogP contribution in [0.3, 0.4) is 0 Å². The van der Waals surface area contributed by atoms with Gasteiger partial charge in [0.05, 0.1) is 28.8 Å². The number of fused-ring (bicyclic) bond motifs is 2. The van der Waals surface area contributed by atoms with Crippen LogP contribution in [0.4, 0.5) is 10.4 Å². The molecule has 154 valence electrons. The quantitative estimate of drug-likeness (QED) is 0.451. The highest BCUT2D eigenvalue weighted by Gasteiger charge is 2.36. The van der Waals surface area contributed by atoms with Crippen LogP contribution in [-0.4, -0.2) is 41.3 Å². The van der Waals surface area contributed by atoms with E-state index in [4.69, 9.17) is 9.52 Å². The molecule has 0 fully saturated rings. The predicted molar refractivity (Wildman–Crippen MR) is 109 cm³/mol. The summed E-state index contributed by atoms with van der Waals surface area (Å²) in [7, 11) is 0. The molecule has 0 aliphatic carbocycles. The minimum absolute atomic E-state index is 0.278. The van der Waals surface area contributed by atoms with Gasteiger partial charge in [-0.25, -0.2) is 14.5 Å². The smallest absolute Gasteiger partial charge is 0.319 e. The lowest BCUT2D eigenvalue weighted by Crippen LogP contribution is -2.36. The highest BCUT2D eigenvalue weighted by Crippen LogP contribution is 2.37. The van der Waals surface area contributed by atoms with Crippen molar-refractivity contribution in [3.63, 3.8) is 0 Å². The molecule has 1 aliphatic heterocycles. The fourth-order valence-electron chi connectivity index (χ4n) is 4.04. The predicted octanol–water partition coefficient (Wildman–Crippen LogP) is 3.10. The van der Waals surface area contributed by atoms with Crippen molar-refractivity contribution in [3.05, 3.63) is 77.6 Å². The third-order valence-corrected chi connectivity index (χ3v) is 5.57. The third kappa shape index (κ3) is 2.87. The topological polar surface area (TPSA) is 101 Å². The van der Waals surface area contributed by atoms with Gasteiger partial charge in [-0.05, 0) is 36.8 Å².